The number of ether oxygens (including phenoxy) is 2. The van der Waals surface area contributed by atoms with Gasteiger partial charge in [-0.2, -0.15) is 0 Å². The van der Waals surface area contributed by atoms with Crippen molar-refractivity contribution >= 4 is 5.91 Å². The molecule has 1 heterocycles. The third-order valence-electron chi connectivity index (χ3n) is 11.0. The van der Waals surface area contributed by atoms with Crippen LogP contribution in [0.25, 0.3) is 0 Å². The maximum absolute atomic E-state index is 14.2. The third kappa shape index (κ3) is 6.11. The van der Waals surface area contributed by atoms with E-state index >= 15 is 0 Å². The second-order valence-electron chi connectivity index (χ2n) is 13.7. The van der Waals surface area contributed by atoms with Crippen molar-refractivity contribution in [2.24, 2.45) is 11.8 Å². The summed E-state index contributed by atoms with van der Waals surface area (Å²) < 4.78 is 11.4. The molecule has 1 saturated heterocycles. The molecule has 1 aliphatic heterocycles. The summed E-state index contributed by atoms with van der Waals surface area (Å²) in [5.41, 5.74) is 1.50. The van der Waals surface area contributed by atoms with Crippen LogP contribution in [0.1, 0.15) is 41.5 Å². The number of methoxy groups -OCH3 is 2. The third-order valence-corrected chi connectivity index (χ3v) is 11.0. The van der Waals surface area contributed by atoms with E-state index in [4.69, 9.17) is 9.47 Å². The Labute approximate surface area is 284 Å². The minimum Gasteiger partial charge on any atom is -0.497 e. The van der Waals surface area contributed by atoms with Gasteiger partial charge in [-0.1, -0.05) is 91.0 Å². The zero-order chi connectivity index (χ0) is 33.9. The molecule has 1 aliphatic carbocycles. The van der Waals surface area contributed by atoms with E-state index in [0.717, 1.165) is 17.5 Å². The minimum absolute atomic E-state index is 0.0637. The molecular formula is C41H48N2O5. The second-order valence-corrected chi connectivity index (χ2v) is 13.7. The molecule has 0 spiro atoms. The first kappa shape index (κ1) is 33.7. The fourth-order valence-electron chi connectivity index (χ4n) is 8.50. The first-order chi connectivity index (χ1) is 23.2. The molecule has 1 unspecified atom stereocenters. The molecule has 252 valence electrons. The van der Waals surface area contributed by atoms with Crippen LogP contribution in [0, 0.1) is 11.8 Å². The smallest absolute Gasteiger partial charge is 0.222 e. The molecule has 5 atom stereocenters. The number of aliphatic hydroxyl groups is 2. The quantitative estimate of drug-likeness (QED) is 0.218. The number of likely N-dealkylation sites (N-methyl/N-ethyl adjacent to an activating group) is 1. The number of aliphatic hydroxyl groups excluding tert-OH is 1. The van der Waals surface area contributed by atoms with E-state index in [1.807, 2.05) is 47.4 Å². The van der Waals surface area contributed by atoms with Crippen LogP contribution in [0.4, 0.5) is 0 Å². The monoisotopic (exact) mass is 648 g/mol. The average molecular weight is 649 g/mol. The topological polar surface area (TPSA) is 82.5 Å². The number of likely N-dealkylation sites (tertiary alicyclic amines) is 1. The Morgan fingerprint density at radius 2 is 1.44 bits per heavy atom. The predicted molar refractivity (Wildman–Crippen MR) is 188 cm³/mol. The van der Waals surface area contributed by atoms with Gasteiger partial charge in [0.05, 0.1) is 20.3 Å². The van der Waals surface area contributed by atoms with Crippen LogP contribution in [-0.4, -0.2) is 79.5 Å². The highest BCUT2D eigenvalue weighted by Gasteiger charge is 2.65. The van der Waals surface area contributed by atoms with Gasteiger partial charge in [-0.15, -0.1) is 0 Å². The summed E-state index contributed by atoms with van der Waals surface area (Å²) in [6.45, 7) is 0.768. The average Bonchev–Trinajstić information content (AvgIpc) is 3.59. The molecule has 0 radical (unpaired) electrons. The highest BCUT2D eigenvalue weighted by molar-refractivity contribution is 5.77. The normalized spacial score (nSPS) is 23.8. The Balaban J connectivity index is 1.41. The maximum atomic E-state index is 14.2. The van der Waals surface area contributed by atoms with E-state index in [0.29, 0.717) is 43.0 Å². The van der Waals surface area contributed by atoms with E-state index in [1.165, 1.54) is 5.56 Å². The van der Waals surface area contributed by atoms with E-state index < -0.39 is 23.0 Å². The fraction of sp³-hybridized carbons (Fsp3) is 0.390. The number of carbonyl (C=O) groups is 1. The van der Waals surface area contributed by atoms with Gasteiger partial charge in [0, 0.05) is 42.4 Å². The molecule has 1 amide bonds. The number of nitrogens with zero attached hydrogens (tertiary/aromatic N) is 2. The Kier molecular flexibility index (Phi) is 9.93. The van der Waals surface area contributed by atoms with Crippen LogP contribution in [0.15, 0.2) is 109 Å². The molecule has 0 bridgehead atoms. The predicted octanol–water partition coefficient (Wildman–Crippen LogP) is 5.67. The van der Waals surface area contributed by atoms with Crippen LogP contribution >= 0.6 is 0 Å². The largest absolute Gasteiger partial charge is 0.497 e. The van der Waals surface area contributed by atoms with Crippen molar-refractivity contribution in [1.29, 1.82) is 0 Å². The van der Waals surface area contributed by atoms with Gasteiger partial charge in [0.1, 0.15) is 17.1 Å². The summed E-state index contributed by atoms with van der Waals surface area (Å²) in [5, 5.41) is 25.3. The summed E-state index contributed by atoms with van der Waals surface area (Å²) >= 11 is 0. The van der Waals surface area contributed by atoms with Crippen LogP contribution in [0.2, 0.25) is 0 Å². The van der Waals surface area contributed by atoms with E-state index in [2.05, 4.69) is 67.5 Å². The van der Waals surface area contributed by atoms with Crippen molar-refractivity contribution in [3.05, 3.63) is 131 Å². The molecule has 6 rings (SSSR count). The molecule has 4 aromatic rings. The fourth-order valence-corrected chi connectivity index (χ4v) is 8.50. The molecule has 2 aliphatic rings. The van der Waals surface area contributed by atoms with Gasteiger partial charge >= 0.3 is 0 Å². The molecule has 7 nitrogen and oxygen atoms in total. The van der Waals surface area contributed by atoms with Crippen molar-refractivity contribution < 1.29 is 24.5 Å². The van der Waals surface area contributed by atoms with Crippen molar-refractivity contribution in [3.8, 4) is 11.5 Å². The summed E-state index contributed by atoms with van der Waals surface area (Å²) in [6.07, 6.45) is 1.06. The molecular weight excluding hydrogens is 600 g/mol. The van der Waals surface area contributed by atoms with E-state index in [1.54, 1.807) is 32.4 Å². The van der Waals surface area contributed by atoms with Gasteiger partial charge in [0.25, 0.3) is 0 Å². The van der Waals surface area contributed by atoms with Crippen LogP contribution < -0.4 is 9.47 Å². The van der Waals surface area contributed by atoms with Crippen molar-refractivity contribution in [2.45, 2.75) is 48.8 Å². The van der Waals surface area contributed by atoms with Gasteiger partial charge in [-0.3, -0.25) is 4.79 Å². The lowest BCUT2D eigenvalue weighted by molar-refractivity contribution is -0.168. The molecule has 48 heavy (non-hydrogen) atoms. The number of carbonyl (C=O) groups excluding carboxylic acids is 1. The summed E-state index contributed by atoms with van der Waals surface area (Å²) in [5.74, 6) is 0.395. The summed E-state index contributed by atoms with van der Waals surface area (Å²) in [6, 6.07) is 36.5. The number of hydrogen-bond donors (Lipinski definition) is 2. The maximum Gasteiger partial charge on any atom is 0.222 e. The van der Waals surface area contributed by atoms with Crippen LogP contribution in [0.3, 0.4) is 0 Å². The van der Waals surface area contributed by atoms with Crippen molar-refractivity contribution in [2.75, 3.05) is 41.4 Å². The molecule has 2 N–H and O–H groups in total. The van der Waals surface area contributed by atoms with Gasteiger partial charge < -0.3 is 29.5 Å². The minimum atomic E-state index is -1.70. The number of rotatable bonds is 11. The Bertz CT molecular complexity index is 1630. The van der Waals surface area contributed by atoms with Crippen LogP contribution in [0.5, 0.6) is 11.5 Å². The standard InChI is InChI=1S/C41H48N2O5/c1-42(2)32(24-29-14-8-5-9-15-29)20-23-39(45)43-27-35-36(28-43)41(46,34-25-33(47-3)21-22-37(34)48-4)38(44)26-40(35,30-16-10-6-11-17-30)31-18-12-7-13-19-31/h5-19,21-22,25,32,35-36,38,44,46H,20,23-24,26-28H2,1-4H3/t32?,35-,36+,38-,41+/m1/s1. The highest BCUT2D eigenvalue weighted by Crippen LogP contribution is 2.60. The molecule has 7 heteroatoms. The zero-order valence-corrected chi connectivity index (χ0v) is 28.5. The van der Waals surface area contributed by atoms with E-state index in [9.17, 15) is 15.0 Å². The lowest BCUT2D eigenvalue weighted by Crippen LogP contribution is -2.60. The number of hydrogen-bond acceptors (Lipinski definition) is 6. The van der Waals surface area contributed by atoms with Crippen molar-refractivity contribution in [1.82, 2.24) is 9.80 Å². The zero-order valence-electron chi connectivity index (χ0n) is 28.5. The number of fused-ring (bicyclic) bond motifs is 1. The lowest BCUT2D eigenvalue weighted by atomic mass is 9.51. The second kappa shape index (κ2) is 14.1. The Hall–Kier alpha value is -4.17. The summed E-state index contributed by atoms with van der Waals surface area (Å²) in [4.78, 5) is 18.4. The Morgan fingerprint density at radius 1 is 0.854 bits per heavy atom. The van der Waals surface area contributed by atoms with Gasteiger partial charge in [-0.05, 0) is 74.2 Å². The van der Waals surface area contributed by atoms with Crippen molar-refractivity contribution in [3.63, 3.8) is 0 Å². The first-order valence-corrected chi connectivity index (χ1v) is 16.9. The first-order valence-electron chi connectivity index (χ1n) is 16.9. The Morgan fingerprint density at radius 3 is 2.00 bits per heavy atom. The number of amides is 1. The van der Waals surface area contributed by atoms with E-state index in [-0.39, 0.29) is 24.3 Å². The highest BCUT2D eigenvalue weighted by atomic mass is 16.5. The van der Waals surface area contributed by atoms with Gasteiger partial charge in [0.15, 0.2) is 0 Å². The van der Waals surface area contributed by atoms with Crippen LogP contribution in [-0.2, 0) is 22.2 Å². The SMILES string of the molecule is COc1ccc(OC)c([C@@]2(O)[C@H](O)CC(c3ccccc3)(c3ccccc3)[C@@H]3CN(C(=O)CCC(Cc4ccccc4)N(C)C)C[C@@H]32)c1. The summed E-state index contributed by atoms with van der Waals surface area (Å²) in [7, 11) is 7.29. The van der Waals surface area contributed by atoms with Gasteiger partial charge in [0.2, 0.25) is 5.91 Å². The molecule has 0 aromatic heterocycles. The number of benzene rings is 4. The molecule has 4 aromatic carbocycles. The lowest BCUT2D eigenvalue weighted by Gasteiger charge is -2.55. The van der Waals surface area contributed by atoms with Gasteiger partial charge in [-0.25, -0.2) is 0 Å². The molecule has 2 fully saturated rings. The molecule has 1 saturated carbocycles.